The second kappa shape index (κ2) is 13.4. The van der Waals surface area contributed by atoms with E-state index in [4.69, 9.17) is 4.74 Å². The Bertz CT molecular complexity index is 811. The minimum Gasteiger partial charge on any atom is -0.489 e. The van der Waals surface area contributed by atoms with E-state index in [1.165, 1.54) is 18.4 Å². The maximum atomic E-state index is 13.4. The van der Waals surface area contributed by atoms with Crippen LogP contribution < -0.4 is 4.74 Å². The lowest BCUT2D eigenvalue weighted by atomic mass is 10.0. The molecule has 1 amide bonds. The molecule has 1 saturated carbocycles. The zero-order chi connectivity index (χ0) is 23.5. The van der Waals surface area contributed by atoms with Crippen molar-refractivity contribution in [2.24, 2.45) is 5.92 Å². The van der Waals surface area contributed by atoms with E-state index in [0.29, 0.717) is 19.1 Å². The van der Waals surface area contributed by atoms with Crippen molar-refractivity contribution in [2.45, 2.75) is 78.5 Å². The van der Waals surface area contributed by atoms with E-state index in [0.717, 1.165) is 56.6 Å². The molecular formula is C29H42N2O2. The number of amides is 1. The molecule has 4 nitrogen and oxygen atoms in total. The fourth-order valence-corrected chi connectivity index (χ4v) is 4.79. The average Bonchev–Trinajstić information content (AvgIpc) is 3.40. The van der Waals surface area contributed by atoms with Crippen LogP contribution in [0.25, 0.3) is 0 Å². The number of hydrogen-bond acceptors (Lipinski definition) is 3. The lowest BCUT2D eigenvalue weighted by Crippen LogP contribution is -2.41. The Morgan fingerprint density at radius 1 is 0.970 bits per heavy atom. The largest absolute Gasteiger partial charge is 0.489 e. The van der Waals surface area contributed by atoms with Crippen LogP contribution >= 0.6 is 0 Å². The van der Waals surface area contributed by atoms with Crippen LogP contribution in [0.15, 0.2) is 54.6 Å². The van der Waals surface area contributed by atoms with E-state index in [2.05, 4.69) is 54.8 Å². The van der Waals surface area contributed by atoms with Crippen molar-refractivity contribution in [2.75, 3.05) is 19.6 Å². The van der Waals surface area contributed by atoms with Crippen molar-refractivity contribution in [3.63, 3.8) is 0 Å². The first-order chi connectivity index (χ1) is 16.1. The number of nitrogens with zero attached hydrogens (tertiary/aromatic N) is 2. The van der Waals surface area contributed by atoms with Gasteiger partial charge in [-0.15, -0.1) is 0 Å². The third kappa shape index (κ3) is 7.89. The summed E-state index contributed by atoms with van der Waals surface area (Å²) in [6.45, 7) is 11.2. The molecule has 0 aliphatic heterocycles. The van der Waals surface area contributed by atoms with Crippen LogP contribution in [0.3, 0.4) is 0 Å². The first kappa shape index (κ1) is 25.3. The Balaban J connectivity index is 1.60. The number of rotatable bonds is 13. The van der Waals surface area contributed by atoms with Gasteiger partial charge in [0.25, 0.3) is 0 Å². The molecule has 0 bridgehead atoms. The fourth-order valence-electron chi connectivity index (χ4n) is 4.79. The Hall–Kier alpha value is -2.33. The van der Waals surface area contributed by atoms with Crippen molar-refractivity contribution in [1.82, 2.24) is 9.80 Å². The summed E-state index contributed by atoms with van der Waals surface area (Å²) in [5.41, 5.74) is 2.33. The third-order valence-corrected chi connectivity index (χ3v) is 7.03. The van der Waals surface area contributed by atoms with Crippen LogP contribution in [0.2, 0.25) is 0 Å². The van der Waals surface area contributed by atoms with Gasteiger partial charge >= 0.3 is 0 Å². The summed E-state index contributed by atoms with van der Waals surface area (Å²) in [5, 5.41) is 0. The number of carbonyl (C=O) groups is 1. The van der Waals surface area contributed by atoms with Gasteiger partial charge in [0.1, 0.15) is 12.4 Å². The predicted molar refractivity (Wildman–Crippen MR) is 136 cm³/mol. The Labute approximate surface area is 200 Å². The molecule has 0 aromatic heterocycles. The predicted octanol–water partition coefficient (Wildman–Crippen LogP) is 6.29. The van der Waals surface area contributed by atoms with Crippen LogP contribution in [0.5, 0.6) is 5.75 Å². The van der Waals surface area contributed by atoms with E-state index in [-0.39, 0.29) is 12.0 Å². The molecule has 0 spiro atoms. The summed E-state index contributed by atoms with van der Waals surface area (Å²) in [6, 6.07) is 18.7. The van der Waals surface area contributed by atoms with E-state index in [1.54, 1.807) is 0 Å². The molecule has 0 heterocycles. The second-order valence-electron chi connectivity index (χ2n) is 9.38. The molecule has 2 aromatic rings. The molecule has 1 unspecified atom stereocenters. The molecule has 0 radical (unpaired) electrons. The summed E-state index contributed by atoms with van der Waals surface area (Å²) in [6.07, 6.45) is 6.65. The first-order valence-corrected chi connectivity index (χ1v) is 12.9. The van der Waals surface area contributed by atoms with Gasteiger partial charge < -0.3 is 14.5 Å². The summed E-state index contributed by atoms with van der Waals surface area (Å²) in [4.78, 5) is 18.0. The minimum atomic E-state index is 0.212. The Kier molecular flexibility index (Phi) is 10.3. The lowest BCUT2D eigenvalue weighted by molar-refractivity contribution is -0.138. The van der Waals surface area contributed by atoms with E-state index >= 15 is 0 Å². The topological polar surface area (TPSA) is 32.8 Å². The molecular weight excluding hydrogens is 408 g/mol. The number of hydrogen-bond donors (Lipinski definition) is 0. The normalized spacial score (nSPS) is 15.0. The first-order valence-electron chi connectivity index (χ1n) is 12.9. The maximum absolute atomic E-state index is 13.4. The molecule has 33 heavy (non-hydrogen) atoms. The van der Waals surface area contributed by atoms with E-state index < -0.39 is 0 Å². The van der Waals surface area contributed by atoms with Crippen LogP contribution in [0, 0.1) is 5.92 Å². The quantitative estimate of drug-likeness (QED) is 0.359. The molecule has 1 atom stereocenters. The van der Waals surface area contributed by atoms with Crippen LogP contribution in [0.4, 0.5) is 0 Å². The van der Waals surface area contributed by atoms with Crippen molar-refractivity contribution in [3.05, 3.63) is 65.7 Å². The highest BCUT2D eigenvalue weighted by molar-refractivity contribution is 5.79. The molecule has 4 heteroatoms. The van der Waals surface area contributed by atoms with Crippen molar-refractivity contribution < 1.29 is 9.53 Å². The third-order valence-electron chi connectivity index (χ3n) is 7.03. The lowest BCUT2D eigenvalue weighted by Gasteiger charge is -2.32. The van der Waals surface area contributed by atoms with Gasteiger partial charge in [-0.05, 0) is 75.5 Å². The van der Waals surface area contributed by atoms with Gasteiger partial charge in [0.15, 0.2) is 0 Å². The molecule has 2 aromatic carbocycles. The van der Waals surface area contributed by atoms with Crippen molar-refractivity contribution in [3.8, 4) is 5.75 Å². The molecule has 0 saturated heterocycles. The van der Waals surface area contributed by atoms with Gasteiger partial charge in [-0.25, -0.2) is 0 Å². The van der Waals surface area contributed by atoms with E-state index in [9.17, 15) is 4.79 Å². The molecule has 1 fully saturated rings. The van der Waals surface area contributed by atoms with Gasteiger partial charge in [-0.1, -0.05) is 69.2 Å². The molecule has 1 aliphatic rings. The molecule has 1 aliphatic carbocycles. The van der Waals surface area contributed by atoms with Crippen LogP contribution in [-0.4, -0.2) is 41.4 Å². The second-order valence-corrected chi connectivity index (χ2v) is 9.38. The van der Waals surface area contributed by atoms with E-state index in [1.807, 2.05) is 30.3 Å². The Morgan fingerprint density at radius 3 is 2.27 bits per heavy atom. The zero-order valence-corrected chi connectivity index (χ0v) is 20.8. The average molecular weight is 451 g/mol. The van der Waals surface area contributed by atoms with Gasteiger partial charge in [0.05, 0.1) is 0 Å². The number of carbonyl (C=O) groups excluding carboxylic acids is 1. The van der Waals surface area contributed by atoms with Crippen LogP contribution in [0.1, 0.15) is 70.4 Å². The summed E-state index contributed by atoms with van der Waals surface area (Å²) in [7, 11) is 0. The summed E-state index contributed by atoms with van der Waals surface area (Å²) < 4.78 is 5.94. The van der Waals surface area contributed by atoms with Crippen molar-refractivity contribution in [1.29, 1.82) is 0 Å². The smallest absolute Gasteiger partial charge is 0.226 e. The molecule has 180 valence electrons. The molecule has 3 rings (SSSR count). The standard InChI is InChI=1S/C29H42N2O2/c1-4-30(5-2)21-11-12-24(3)31(29(32)27-15-9-10-16-27)22-25-17-19-28(20-18-25)33-23-26-13-7-6-8-14-26/h6-8,13-14,17-20,24,27H,4-5,9-12,15-16,21-23H2,1-3H3. The Morgan fingerprint density at radius 2 is 1.64 bits per heavy atom. The monoisotopic (exact) mass is 450 g/mol. The van der Waals surface area contributed by atoms with Gasteiger partial charge in [0.2, 0.25) is 5.91 Å². The minimum absolute atomic E-state index is 0.212. The van der Waals surface area contributed by atoms with Gasteiger partial charge in [-0.2, -0.15) is 0 Å². The summed E-state index contributed by atoms with van der Waals surface area (Å²) in [5.74, 6) is 1.43. The fraction of sp³-hybridized carbons (Fsp3) is 0.552. The van der Waals surface area contributed by atoms with Crippen molar-refractivity contribution >= 4 is 5.91 Å². The maximum Gasteiger partial charge on any atom is 0.226 e. The highest BCUT2D eigenvalue weighted by Crippen LogP contribution is 2.29. The SMILES string of the molecule is CCN(CC)CCCC(C)N(Cc1ccc(OCc2ccccc2)cc1)C(=O)C1CCCC1. The van der Waals surface area contributed by atoms with Crippen LogP contribution in [-0.2, 0) is 17.9 Å². The van der Waals surface area contributed by atoms with Gasteiger partial charge in [0, 0.05) is 18.5 Å². The molecule has 0 N–H and O–H groups in total. The highest BCUT2D eigenvalue weighted by Gasteiger charge is 2.29. The zero-order valence-electron chi connectivity index (χ0n) is 20.8. The number of benzene rings is 2. The highest BCUT2D eigenvalue weighted by atomic mass is 16.5. The number of ether oxygens (including phenoxy) is 1. The van der Waals surface area contributed by atoms with Gasteiger partial charge in [-0.3, -0.25) is 4.79 Å². The summed E-state index contributed by atoms with van der Waals surface area (Å²) >= 11 is 0.